The summed E-state index contributed by atoms with van der Waals surface area (Å²) in [6.45, 7) is -1.13. The molecular formula is C13H21N3O7. The van der Waals surface area contributed by atoms with Crippen molar-refractivity contribution in [3.8, 4) is 0 Å². The molecule has 0 fully saturated rings. The summed E-state index contributed by atoms with van der Waals surface area (Å²) in [5, 5.41) is 12.6. The predicted octanol–water partition coefficient (Wildman–Crippen LogP) is 0.376. The number of aliphatic hydroxyl groups excluding tert-OH is 1. The molecule has 0 unspecified atom stereocenters. The van der Waals surface area contributed by atoms with E-state index >= 15 is 0 Å². The van der Waals surface area contributed by atoms with Crippen molar-refractivity contribution in [2.75, 3.05) is 34.5 Å². The Morgan fingerprint density at radius 2 is 1.83 bits per heavy atom. The number of nitrogens with zero attached hydrogens (tertiary/aromatic N) is 3. The molecule has 10 nitrogen and oxygen atoms in total. The second-order valence-corrected chi connectivity index (χ2v) is 4.69. The van der Waals surface area contributed by atoms with Gasteiger partial charge in [0.2, 0.25) is 0 Å². The van der Waals surface area contributed by atoms with Gasteiger partial charge in [-0.3, -0.25) is 14.4 Å². The van der Waals surface area contributed by atoms with Gasteiger partial charge in [-0.1, -0.05) is 5.11 Å². The van der Waals surface area contributed by atoms with Crippen molar-refractivity contribution in [2.24, 2.45) is 11.0 Å². The molecule has 0 bridgehead atoms. The summed E-state index contributed by atoms with van der Waals surface area (Å²) in [4.78, 5) is 37.6. The first-order valence-corrected chi connectivity index (χ1v) is 6.74. The van der Waals surface area contributed by atoms with Gasteiger partial charge < -0.3 is 19.3 Å². The van der Waals surface area contributed by atoms with E-state index in [1.807, 2.05) is 0 Å². The second kappa shape index (κ2) is 10.5. The summed E-state index contributed by atoms with van der Waals surface area (Å²) in [5.74, 6) is -3.08. The lowest BCUT2D eigenvalue weighted by atomic mass is 9.78. The summed E-state index contributed by atoms with van der Waals surface area (Å²) in [6, 6.07) is 0. The number of azide groups is 1. The van der Waals surface area contributed by atoms with Crippen LogP contribution in [-0.4, -0.2) is 62.9 Å². The van der Waals surface area contributed by atoms with Gasteiger partial charge in [-0.2, -0.15) is 0 Å². The fourth-order valence-electron chi connectivity index (χ4n) is 2.19. The van der Waals surface area contributed by atoms with E-state index in [0.717, 1.165) is 7.11 Å². The van der Waals surface area contributed by atoms with Gasteiger partial charge in [-0.15, -0.1) is 0 Å². The Bertz CT molecular complexity index is 476. The first kappa shape index (κ1) is 20.8. The average molecular weight is 331 g/mol. The van der Waals surface area contributed by atoms with Gasteiger partial charge in [0.1, 0.15) is 6.61 Å². The van der Waals surface area contributed by atoms with Gasteiger partial charge in [0.05, 0.1) is 38.7 Å². The molecule has 0 aliphatic carbocycles. The highest BCUT2D eigenvalue weighted by Gasteiger charge is 2.44. The van der Waals surface area contributed by atoms with Crippen LogP contribution in [0.25, 0.3) is 10.4 Å². The lowest BCUT2D eigenvalue weighted by molar-refractivity contribution is -0.155. The van der Waals surface area contributed by atoms with Crippen LogP contribution in [-0.2, 0) is 28.6 Å². The fourth-order valence-corrected chi connectivity index (χ4v) is 2.19. The van der Waals surface area contributed by atoms with Gasteiger partial charge in [-0.05, 0) is 12.0 Å². The van der Waals surface area contributed by atoms with Gasteiger partial charge in [-0.25, -0.2) is 0 Å². The van der Waals surface area contributed by atoms with Crippen LogP contribution in [0.15, 0.2) is 5.11 Å². The first-order chi connectivity index (χ1) is 10.9. The second-order valence-electron chi connectivity index (χ2n) is 4.69. The minimum atomic E-state index is -1.44. The molecular weight excluding hydrogens is 310 g/mol. The highest BCUT2D eigenvalue weighted by molar-refractivity contribution is 5.87. The van der Waals surface area contributed by atoms with E-state index in [0.29, 0.717) is 0 Å². The van der Waals surface area contributed by atoms with Crippen LogP contribution < -0.4 is 0 Å². The molecule has 130 valence electrons. The largest absolute Gasteiger partial charge is 0.469 e. The number of Topliss-reactive ketones (excluding diaryl/α,β-unsaturated/α-hetero) is 1. The standard InChI is InChI=1S/C13H21N3O7/c1-21-11(19)4-5-13(23-3,8-15-16-14)9(10(18)7-17)6-12(20)22-2/h9,17H,4-8H2,1-3H3/t9-,13-/m1/s1. The van der Waals surface area contributed by atoms with E-state index in [4.69, 9.17) is 15.4 Å². The third kappa shape index (κ3) is 6.23. The van der Waals surface area contributed by atoms with Crippen LogP contribution in [0, 0.1) is 5.92 Å². The zero-order valence-electron chi connectivity index (χ0n) is 13.4. The van der Waals surface area contributed by atoms with Crippen molar-refractivity contribution < 1.29 is 33.7 Å². The van der Waals surface area contributed by atoms with E-state index in [-0.39, 0.29) is 25.8 Å². The Hall–Kier alpha value is -2.16. The summed E-state index contributed by atoms with van der Waals surface area (Å²) in [7, 11) is 3.62. The van der Waals surface area contributed by atoms with E-state index in [1.165, 1.54) is 14.2 Å². The maximum atomic E-state index is 12.1. The van der Waals surface area contributed by atoms with Crippen LogP contribution in [0.1, 0.15) is 19.3 Å². The normalized spacial score (nSPS) is 14.1. The molecule has 1 N–H and O–H groups in total. The number of methoxy groups -OCH3 is 3. The molecule has 0 aliphatic rings. The maximum Gasteiger partial charge on any atom is 0.306 e. The summed E-state index contributed by atoms with van der Waals surface area (Å²) < 4.78 is 14.4. The molecule has 0 radical (unpaired) electrons. The smallest absolute Gasteiger partial charge is 0.306 e. The number of carbonyl (C=O) groups is 3. The van der Waals surface area contributed by atoms with Gasteiger partial charge in [0, 0.05) is 18.4 Å². The molecule has 0 saturated heterocycles. The lowest BCUT2D eigenvalue weighted by Crippen LogP contribution is -2.49. The van der Waals surface area contributed by atoms with Crippen LogP contribution in [0.4, 0.5) is 0 Å². The Balaban J connectivity index is 5.65. The number of rotatable bonds is 11. The molecule has 0 aromatic carbocycles. The summed E-state index contributed by atoms with van der Waals surface area (Å²) in [5.41, 5.74) is 7.10. The predicted molar refractivity (Wildman–Crippen MR) is 77.2 cm³/mol. The highest BCUT2D eigenvalue weighted by Crippen LogP contribution is 2.32. The number of aliphatic hydroxyl groups is 1. The third-order valence-corrected chi connectivity index (χ3v) is 3.57. The zero-order chi connectivity index (χ0) is 17.9. The van der Waals surface area contributed by atoms with Gasteiger partial charge in [0.25, 0.3) is 0 Å². The fraction of sp³-hybridized carbons (Fsp3) is 0.769. The molecule has 0 saturated carbocycles. The van der Waals surface area contributed by atoms with Crippen molar-refractivity contribution in [1.82, 2.24) is 0 Å². The van der Waals surface area contributed by atoms with Crippen molar-refractivity contribution in [3.63, 3.8) is 0 Å². The summed E-state index contributed by atoms with van der Waals surface area (Å²) >= 11 is 0. The van der Waals surface area contributed by atoms with Gasteiger partial charge >= 0.3 is 11.9 Å². The molecule has 0 heterocycles. The van der Waals surface area contributed by atoms with E-state index in [9.17, 15) is 14.4 Å². The molecule has 0 rings (SSSR count). The highest BCUT2D eigenvalue weighted by atomic mass is 16.5. The minimum absolute atomic E-state index is 0.0391. The number of hydrogen-bond acceptors (Lipinski definition) is 8. The van der Waals surface area contributed by atoms with Crippen LogP contribution >= 0.6 is 0 Å². The molecule has 0 spiro atoms. The van der Waals surface area contributed by atoms with E-state index in [1.54, 1.807) is 0 Å². The molecule has 23 heavy (non-hydrogen) atoms. The molecule has 10 heteroatoms. The number of hydrogen-bond donors (Lipinski definition) is 1. The minimum Gasteiger partial charge on any atom is -0.469 e. The van der Waals surface area contributed by atoms with Crippen LogP contribution in [0.5, 0.6) is 0 Å². The van der Waals surface area contributed by atoms with Gasteiger partial charge in [0.15, 0.2) is 5.78 Å². The molecule has 0 aliphatic heterocycles. The molecule has 0 amide bonds. The lowest BCUT2D eigenvalue weighted by Gasteiger charge is -2.37. The van der Waals surface area contributed by atoms with E-state index in [2.05, 4.69) is 19.5 Å². The van der Waals surface area contributed by atoms with E-state index < -0.39 is 35.8 Å². The summed E-state index contributed by atoms with van der Waals surface area (Å²) in [6.07, 6.45) is -0.546. The van der Waals surface area contributed by atoms with Crippen molar-refractivity contribution in [2.45, 2.75) is 24.9 Å². The Kier molecular flexibility index (Phi) is 9.56. The van der Waals surface area contributed by atoms with Crippen LogP contribution in [0.2, 0.25) is 0 Å². The monoisotopic (exact) mass is 331 g/mol. The third-order valence-electron chi connectivity index (χ3n) is 3.57. The van der Waals surface area contributed by atoms with Crippen LogP contribution in [0.3, 0.4) is 0 Å². The topological polar surface area (TPSA) is 148 Å². The quantitative estimate of drug-likeness (QED) is 0.249. The number of ether oxygens (including phenoxy) is 3. The number of ketones is 1. The Morgan fingerprint density at radius 3 is 2.26 bits per heavy atom. The van der Waals surface area contributed by atoms with Crippen molar-refractivity contribution in [1.29, 1.82) is 0 Å². The Labute approximate surface area is 133 Å². The van der Waals surface area contributed by atoms with Crippen molar-refractivity contribution >= 4 is 17.7 Å². The maximum absolute atomic E-state index is 12.1. The SMILES string of the molecule is COC(=O)CC[C@](CN=[N+]=[N-])(OC)[C@H](CC(=O)OC)C(=O)CO. The molecule has 2 atom stereocenters. The number of carbonyl (C=O) groups excluding carboxylic acids is 3. The number of esters is 2. The first-order valence-electron chi connectivity index (χ1n) is 6.74. The molecule has 0 aromatic heterocycles. The molecule has 0 aromatic rings. The zero-order valence-corrected chi connectivity index (χ0v) is 13.4. The average Bonchev–Trinajstić information content (AvgIpc) is 2.59. The Morgan fingerprint density at radius 1 is 1.22 bits per heavy atom. The van der Waals surface area contributed by atoms with Crippen molar-refractivity contribution in [3.05, 3.63) is 10.4 Å².